The van der Waals surface area contributed by atoms with E-state index in [2.05, 4.69) is 4.98 Å². The van der Waals surface area contributed by atoms with Crippen molar-refractivity contribution in [2.75, 3.05) is 0 Å². The quantitative estimate of drug-likeness (QED) is 0.448. The average molecular weight is 199 g/mol. The maximum atomic E-state index is 11.1. The van der Waals surface area contributed by atoms with Crippen molar-refractivity contribution in [2.24, 2.45) is 5.73 Å². The minimum Gasteiger partial charge on any atom is -0.480 e. The molecule has 1 aromatic heterocycles. The standard InChI is InChI=1S/C7H9N3O4/c8-4(6(12)13)1-3-2-9-7(14)10-5(3)11/h2,4H,1,8H2,(H,12,13)(H2,9,10,11,14). The van der Waals surface area contributed by atoms with Gasteiger partial charge in [-0.2, -0.15) is 0 Å². The largest absolute Gasteiger partial charge is 0.480 e. The van der Waals surface area contributed by atoms with Gasteiger partial charge in [-0.1, -0.05) is 0 Å². The normalized spacial score (nSPS) is 12.4. The molecule has 0 saturated heterocycles. The summed E-state index contributed by atoms with van der Waals surface area (Å²) < 4.78 is 0. The van der Waals surface area contributed by atoms with Crippen LogP contribution in [0.3, 0.4) is 0 Å². The lowest BCUT2D eigenvalue weighted by atomic mass is 10.1. The van der Waals surface area contributed by atoms with E-state index in [1.165, 1.54) is 0 Å². The van der Waals surface area contributed by atoms with Gasteiger partial charge >= 0.3 is 11.7 Å². The smallest absolute Gasteiger partial charge is 0.325 e. The number of aromatic amines is 2. The molecule has 76 valence electrons. The summed E-state index contributed by atoms with van der Waals surface area (Å²) >= 11 is 0. The van der Waals surface area contributed by atoms with E-state index in [0.717, 1.165) is 6.20 Å². The molecule has 1 aromatic rings. The van der Waals surface area contributed by atoms with Gasteiger partial charge in [0.2, 0.25) is 0 Å². The van der Waals surface area contributed by atoms with Crippen LogP contribution >= 0.6 is 0 Å². The van der Waals surface area contributed by atoms with Gasteiger partial charge in [-0.25, -0.2) is 4.79 Å². The Hall–Kier alpha value is -1.89. The summed E-state index contributed by atoms with van der Waals surface area (Å²) in [5.41, 5.74) is 4.09. The van der Waals surface area contributed by atoms with Crippen LogP contribution in [0.2, 0.25) is 0 Å². The molecule has 0 radical (unpaired) electrons. The van der Waals surface area contributed by atoms with Crippen LogP contribution in [-0.2, 0) is 11.2 Å². The van der Waals surface area contributed by atoms with Crippen molar-refractivity contribution in [3.8, 4) is 0 Å². The summed E-state index contributed by atoms with van der Waals surface area (Å²) in [6, 6.07) is -1.15. The summed E-state index contributed by atoms with van der Waals surface area (Å²) in [5.74, 6) is -1.20. The maximum absolute atomic E-state index is 11.1. The first kappa shape index (κ1) is 10.2. The molecule has 7 heteroatoms. The van der Waals surface area contributed by atoms with Crippen molar-refractivity contribution in [3.63, 3.8) is 0 Å². The lowest BCUT2D eigenvalue weighted by Gasteiger charge is -2.03. The van der Waals surface area contributed by atoms with E-state index in [4.69, 9.17) is 10.8 Å². The van der Waals surface area contributed by atoms with E-state index in [9.17, 15) is 14.4 Å². The summed E-state index contributed by atoms with van der Waals surface area (Å²) in [7, 11) is 0. The predicted octanol–water partition coefficient (Wildman–Crippen LogP) is -1.98. The number of hydrogen-bond donors (Lipinski definition) is 4. The van der Waals surface area contributed by atoms with Crippen molar-refractivity contribution in [1.82, 2.24) is 9.97 Å². The van der Waals surface area contributed by atoms with Crippen molar-refractivity contribution in [3.05, 3.63) is 32.6 Å². The molecule has 1 atom stereocenters. The number of H-pyrrole nitrogens is 2. The van der Waals surface area contributed by atoms with Crippen LogP contribution in [0.1, 0.15) is 5.56 Å². The molecule has 0 bridgehead atoms. The van der Waals surface area contributed by atoms with Gasteiger partial charge in [-0.15, -0.1) is 0 Å². The molecular formula is C7H9N3O4. The Bertz CT molecular complexity index is 447. The second-order valence-electron chi connectivity index (χ2n) is 2.75. The van der Waals surface area contributed by atoms with E-state index in [-0.39, 0.29) is 12.0 Å². The molecule has 1 heterocycles. The van der Waals surface area contributed by atoms with Crippen LogP contribution < -0.4 is 17.0 Å². The fraction of sp³-hybridized carbons (Fsp3) is 0.286. The molecule has 0 amide bonds. The van der Waals surface area contributed by atoms with Gasteiger partial charge in [-0.05, 0) is 0 Å². The topological polar surface area (TPSA) is 129 Å². The molecule has 14 heavy (non-hydrogen) atoms. The molecular weight excluding hydrogens is 190 g/mol. The summed E-state index contributed by atoms with van der Waals surface area (Å²) in [6.07, 6.45) is 1.03. The molecule has 0 aliphatic heterocycles. The highest BCUT2D eigenvalue weighted by Gasteiger charge is 2.14. The van der Waals surface area contributed by atoms with Gasteiger partial charge in [0.1, 0.15) is 6.04 Å². The first-order valence-corrected chi connectivity index (χ1v) is 3.80. The fourth-order valence-corrected chi connectivity index (χ4v) is 0.914. The Labute approximate surface area is 77.6 Å². The molecule has 7 nitrogen and oxygen atoms in total. The highest BCUT2D eigenvalue weighted by Crippen LogP contribution is 1.91. The Kier molecular flexibility index (Phi) is 2.82. The highest BCUT2D eigenvalue weighted by molar-refractivity contribution is 5.73. The van der Waals surface area contributed by atoms with Crippen LogP contribution in [-0.4, -0.2) is 27.1 Å². The number of nitrogens with two attached hydrogens (primary N) is 1. The minimum absolute atomic E-state index is 0.124. The van der Waals surface area contributed by atoms with Crippen molar-refractivity contribution >= 4 is 5.97 Å². The number of aliphatic carboxylic acids is 1. The molecule has 0 aliphatic carbocycles. The van der Waals surface area contributed by atoms with Crippen LogP contribution in [0.15, 0.2) is 15.8 Å². The van der Waals surface area contributed by atoms with E-state index in [0.29, 0.717) is 0 Å². The zero-order valence-electron chi connectivity index (χ0n) is 7.11. The first-order chi connectivity index (χ1) is 6.50. The van der Waals surface area contributed by atoms with Gasteiger partial charge in [-0.3, -0.25) is 14.6 Å². The number of nitrogens with one attached hydrogen (secondary N) is 2. The number of carbonyl (C=O) groups is 1. The molecule has 5 N–H and O–H groups in total. The first-order valence-electron chi connectivity index (χ1n) is 3.80. The Balaban J connectivity index is 2.93. The lowest BCUT2D eigenvalue weighted by molar-refractivity contribution is -0.138. The van der Waals surface area contributed by atoms with Gasteiger partial charge in [0, 0.05) is 18.2 Å². The summed E-state index contributed by atoms with van der Waals surface area (Å²) in [6.45, 7) is 0. The van der Waals surface area contributed by atoms with Crippen LogP contribution in [0.25, 0.3) is 0 Å². The Morgan fingerprint density at radius 1 is 1.57 bits per heavy atom. The van der Waals surface area contributed by atoms with E-state index >= 15 is 0 Å². The van der Waals surface area contributed by atoms with Crippen LogP contribution in [0.4, 0.5) is 0 Å². The zero-order valence-corrected chi connectivity index (χ0v) is 7.11. The Morgan fingerprint density at radius 3 is 2.71 bits per heavy atom. The third-order valence-corrected chi connectivity index (χ3v) is 1.65. The zero-order chi connectivity index (χ0) is 10.7. The van der Waals surface area contributed by atoms with Gasteiger partial charge in [0.15, 0.2) is 0 Å². The summed E-state index contributed by atoms with van der Waals surface area (Å²) in [5, 5.41) is 8.48. The van der Waals surface area contributed by atoms with Crippen molar-refractivity contribution in [1.29, 1.82) is 0 Å². The number of carboxylic acid groups (broad SMARTS) is 1. The molecule has 0 aromatic carbocycles. The predicted molar refractivity (Wildman–Crippen MR) is 47.0 cm³/mol. The van der Waals surface area contributed by atoms with Crippen molar-refractivity contribution in [2.45, 2.75) is 12.5 Å². The number of hydrogen-bond acceptors (Lipinski definition) is 4. The second-order valence-corrected chi connectivity index (χ2v) is 2.75. The van der Waals surface area contributed by atoms with Crippen molar-refractivity contribution < 1.29 is 9.90 Å². The molecule has 1 unspecified atom stereocenters. The minimum atomic E-state index is -1.20. The van der Waals surface area contributed by atoms with Crippen LogP contribution in [0.5, 0.6) is 0 Å². The molecule has 1 rings (SSSR count). The van der Waals surface area contributed by atoms with E-state index in [1.807, 2.05) is 4.98 Å². The molecule has 0 saturated carbocycles. The van der Waals surface area contributed by atoms with Gasteiger partial charge in [0.25, 0.3) is 5.56 Å². The fourth-order valence-electron chi connectivity index (χ4n) is 0.914. The molecule has 0 aliphatic rings. The lowest BCUT2D eigenvalue weighted by Crippen LogP contribution is -2.35. The SMILES string of the molecule is NC(Cc1c[nH]c(=O)[nH]c1=O)C(=O)O. The third-order valence-electron chi connectivity index (χ3n) is 1.65. The number of carboxylic acids is 1. The second kappa shape index (κ2) is 3.88. The Morgan fingerprint density at radius 2 is 2.21 bits per heavy atom. The number of rotatable bonds is 3. The average Bonchev–Trinajstić information content (AvgIpc) is 2.09. The highest BCUT2D eigenvalue weighted by atomic mass is 16.4. The van der Waals surface area contributed by atoms with Crippen LogP contribution in [0, 0.1) is 0 Å². The molecule has 0 fully saturated rings. The number of aromatic nitrogens is 2. The van der Waals surface area contributed by atoms with Gasteiger partial charge < -0.3 is 15.8 Å². The van der Waals surface area contributed by atoms with Gasteiger partial charge in [0.05, 0.1) is 0 Å². The maximum Gasteiger partial charge on any atom is 0.325 e. The summed E-state index contributed by atoms with van der Waals surface area (Å²) in [4.78, 5) is 36.2. The molecule has 0 spiro atoms. The monoisotopic (exact) mass is 199 g/mol. The third kappa shape index (κ3) is 2.30. The van der Waals surface area contributed by atoms with E-state index < -0.39 is 23.3 Å². The van der Waals surface area contributed by atoms with E-state index in [1.54, 1.807) is 0 Å².